The van der Waals surface area contributed by atoms with E-state index >= 15 is 0 Å². The van der Waals surface area contributed by atoms with Gasteiger partial charge in [-0.25, -0.2) is 0 Å². The first-order valence-electron chi connectivity index (χ1n) is 4.78. The zero-order chi connectivity index (χ0) is 11.3. The maximum atomic E-state index is 11.6. The SMILES string of the molecule is Cc1nn(C)cc1C(=O)NC/C=C/CN. The predicted octanol–water partition coefficient (Wildman–Crippen LogP) is -0.0268. The molecule has 0 bridgehead atoms. The first-order chi connectivity index (χ1) is 7.15. The van der Waals surface area contributed by atoms with E-state index < -0.39 is 0 Å². The number of carbonyl (C=O) groups excluding carboxylic acids is 1. The first-order valence-corrected chi connectivity index (χ1v) is 4.78. The zero-order valence-electron chi connectivity index (χ0n) is 9.03. The largest absolute Gasteiger partial charge is 0.348 e. The van der Waals surface area contributed by atoms with Gasteiger partial charge in [-0.2, -0.15) is 5.10 Å². The summed E-state index contributed by atoms with van der Waals surface area (Å²) in [6, 6.07) is 0. The number of nitrogens with two attached hydrogens (primary N) is 1. The van der Waals surface area contributed by atoms with Gasteiger partial charge in [0, 0.05) is 26.3 Å². The molecule has 0 unspecified atom stereocenters. The van der Waals surface area contributed by atoms with E-state index in [2.05, 4.69) is 10.4 Å². The summed E-state index contributed by atoms with van der Waals surface area (Å²) in [5, 5.41) is 6.85. The number of aryl methyl sites for hydroxylation is 2. The second kappa shape index (κ2) is 5.31. The summed E-state index contributed by atoms with van der Waals surface area (Å²) in [4.78, 5) is 11.6. The molecular weight excluding hydrogens is 192 g/mol. The Balaban J connectivity index is 2.54. The van der Waals surface area contributed by atoms with Crippen molar-refractivity contribution >= 4 is 5.91 Å². The van der Waals surface area contributed by atoms with E-state index in [9.17, 15) is 4.79 Å². The average molecular weight is 208 g/mol. The van der Waals surface area contributed by atoms with Crippen LogP contribution in [0, 0.1) is 6.92 Å². The van der Waals surface area contributed by atoms with Crippen LogP contribution < -0.4 is 11.1 Å². The minimum Gasteiger partial charge on any atom is -0.348 e. The van der Waals surface area contributed by atoms with Gasteiger partial charge in [0.05, 0.1) is 11.3 Å². The molecule has 0 aromatic carbocycles. The summed E-state index contributed by atoms with van der Waals surface area (Å²) in [6.07, 6.45) is 5.33. The molecule has 0 spiro atoms. The van der Waals surface area contributed by atoms with Gasteiger partial charge in [0.2, 0.25) is 0 Å². The van der Waals surface area contributed by atoms with Crippen molar-refractivity contribution in [3.8, 4) is 0 Å². The van der Waals surface area contributed by atoms with Crippen molar-refractivity contribution in [2.75, 3.05) is 13.1 Å². The lowest BCUT2D eigenvalue weighted by molar-refractivity contribution is 0.0957. The Morgan fingerprint density at radius 3 is 2.93 bits per heavy atom. The van der Waals surface area contributed by atoms with Crippen LogP contribution in [0.2, 0.25) is 0 Å². The number of carbonyl (C=O) groups is 1. The van der Waals surface area contributed by atoms with E-state index in [1.165, 1.54) is 0 Å². The minimum atomic E-state index is -0.109. The molecule has 1 heterocycles. The van der Waals surface area contributed by atoms with Crippen molar-refractivity contribution in [2.45, 2.75) is 6.92 Å². The van der Waals surface area contributed by atoms with Crippen LogP contribution in [-0.2, 0) is 7.05 Å². The molecule has 0 aliphatic heterocycles. The number of rotatable bonds is 4. The number of amides is 1. The molecule has 0 saturated carbocycles. The van der Waals surface area contributed by atoms with Crippen LogP contribution in [0.3, 0.4) is 0 Å². The molecule has 3 N–H and O–H groups in total. The number of nitrogens with one attached hydrogen (secondary N) is 1. The highest BCUT2D eigenvalue weighted by atomic mass is 16.1. The lowest BCUT2D eigenvalue weighted by Crippen LogP contribution is -2.23. The van der Waals surface area contributed by atoms with Gasteiger partial charge in [-0.05, 0) is 6.92 Å². The summed E-state index contributed by atoms with van der Waals surface area (Å²) >= 11 is 0. The highest BCUT2D eigenvalue weighted by Crippen LogP contribution is 2.03. The molecule has 0 aliphatic carbocycles. The number of aromatic nitrogens is 2. The summed E-state index contributed by atoms with van der Waals surface area (Å²) in [5.74, 6) is -0.109. The maximum Gasteiger partial charge on any atom is 0.254 e. The third-order valence-corrected chi connectivity index (χ3v) is 1.94. The molecule has 0 radical (unpaired) electrons. The van der Waals surface area contributed by atoms with Crippen LogP contribution in [0.5, 0.6) is 0 Å². The molecule has 5 nitrogen and oxygen atoms in total. The molecule has 5 heteroatoms. The van der Waals surface area contributed by atoms with Crippen molar-refractivity contribution in [1.82, 2.24) is 15.1 Å². The third kappa shape index (κ3) is 3.21. The maximum absolute atomic E-state index is 11.6. The highest BCUT2D eigenvalue weighted by molar-refractivity contribution is 5.95. The van der Waals surface area contributed by atoms with Crippen LogP contribution in [-0.4, -0.2) is 28.8 Å². The smallest absolute Gasteiger partial charge is 0.254 e. The Kier molecular flexibility index (Phi) is 4.05. The van der Waals surface area contributed by atoms with Gasteiger partial charge in [0.25, 0.3) is 5.91 Å². The van der Waals surface area contributed by atoms with Crippen molar-refractivity contribution in [3.63, 3.8) is 0 Å². The summed E-state index contributed by atoms with van der Waals surface area (Å²) in [6.45, 7) is 2.79. The second-order valence-electron chi connectivity index (χ2n) is 3.22. The van der Waals surface area contributed by atoms with Crippen molar-refractivity contribution in [3.05, 3.63) is 29.6 Å². The Morgan fingerprint density at radius 1 is 1.67 bits per heavy atom. The van der Waals surface area contributed by atoms with Crippen LogP contribution in [0.25, 0.3) is 0 Å². The van der Waals surface area contributed by atoms with Gasteiger partial charge in [0.15, 0.2) is 0 Å². The molecule has 1 aromatic heterocycles. The fraction of sp³-hybridized carbons (Fsp3) is 0.400. The lowest BCUT2D eigenvalue weighted by atomic mass is 10.2. The Labute approximate surface area is 89.0 Å². The van der Waals surface area contributed by atoms with Crippen LogP contribution >= 0.6 is 0 Å². The van der Waals surface area contributed by atoms with Gasteiger partial charge >= 0.3 is 0 Å². The number of nitrogens with zero attached hydrogens (tertiary/aromatic N) is 2. The molecule has 1 amide bonds. The molecule has 0 fully saturated rings. The van der Waals surface area contributed by atoms with Gasteiger partial charge in [0.1, 0.15) is 0 Å². The molecule has 1 aromatic rings. The summed E-state index contributed by atoms with van der Waals surface area (Å²) in [5.41, 5.74) is 6.62. The van der Waals surface area contributed by atoms with Crippen LogP contribution in [0.4, 0.5) is 0 Å². The Hall–Kier alpha value is -1.62. The van der Waals surface area contributed by atoms with Gasteiger partial charge in [-0.3, -0.25) is 9.48 Å². The van der Waals surface area contributed by atoms with E-state index in [1.54, 1.807) is 24.0 Å². The standard InChI is InChI=1S/C10H16N4O/c1-8-9(7-14(2)13-8)10(15)12-6-4-3-5-11/h3-4,7H,5-6,11H2,1-2H3,(H,12,15)/b4-3+. The number of hydrogen-bond acceptors (Lipinski definition) is 3. The van der Waals surface area contributed by atoms with E-state index in [0.717, 1.165) is 5.69 Å². The first kappa shape index (κ1) is 11.5. The Bertz CT molecular complexity index is 367. The van der Waals surface area contributed by atoms with Crippen molar-refractivity contribution < 1.29 is 4.79 Å². The average Bonchev–Trinajstić information content (AvgIpc) is 2.52. The van der Waals surface area contributed by atoms with Gasteiger partial charge < -0.3 is 11.1 Å². The van der Waals surface area contributed by atoms with Crippen LogP contribution in [0.1, 0.15) is 16.1 Å². The van der Waals surface area contributed by atoms with E-state index in [-0.39, 0.29) is 5.91 Å². The van der Waals surface area contributed by atoms with E-state index in [1.807, 2.05) is 13.0 Å². The third-order valence-electron chi connectivity index (χ3n) is 1.94. The molecule has 0 saturated heterocycles. The topological polar surface area (TPSA) is 72.9 Å². The zero-order valence-corrected chi connectivity index (χ0v) is 9.03. The summed E-state index contributed by atoms with van der Waals surface area (Å²) < 4.78 is 1.62. The highest BCUT2D eigenvalue weighted by Gasteiger charge is 2.10. The van der Waals surface area contributed by atoms with E-state index in [0.29, 0.717) is 18.7 Å². The monoisotopic (exact) mass is 208 g/mol. The normalized spacial score (nSPS) is 10.9. The molecular formula is C10H16N4O. The van der Waals surface area contributed by atoms with Crippen LogP contribution in [0.15, 0.2) is 18.3 Å². The van der Waals surface area contributed by atoms with Crippen molar-refractivity contribution in [2.24, 2.45) is 12.8 Å². The molecule has 0 atom stereocenters. The lowest BCUT2D eigenvalue weighted by Gasteiger charge is -1.99. The minimum absolute atomic E-state index is 0.109. The predicted molar refractivity (Wildman–Crippen MR) is 58.5 cm³/mol. The molecule has 0 aliphatic rings. The fourth-order valence-electron chi connectivity index (χ4n) is 1.25. The fourth-order valence-corrected chi connectivity index (χ4v) is 1.25. The van der Waals surface area contributed by atoms with Crippen molar-refractivity contribution in [1.29, 1.82) is 0 Å². The van der Waals surface area contributed by atoms with Gasteiger partial charge in [-0.15, -0.1) is 0 Å². The summed E-state index contributed by atoms with van der Waals surface area (Å²) in [7, 11) is 1.79. The Morgan fingerprint density at radius 2 is 2.40 bits per heavy atom. The number of hydrogen-bond donors (Lipinski definition) is 2. The second-order valence-corrected chi connectivity index (χ2v) is 3.22. The molecule has 82 valence electrons. The molecule has 1 rings (SSSR count). The van der Waals surface area contributed by atoms with E-state index in [4.69, 9.17) is 5.73 Å². The quantitative estimate of drug-likeness (QED) is 0.683. The van der Waals surface area contributed by atoms with Gasteiger partial charge in [-0.1, -0.05) is 12.2 Å². The molecule has 15 heavy (non-hydrogen) atoms.